The maximum Gasteiger partial charge on any atom is 0.315 e. The molecule has 25 heavy (non-hydrogen) atoms. The highest BCUT2D eigenvalue weighted by molar-refractivity contribution is 8.00. The van der Waals surface area contributed by atoms with Gasteiger partial charge in [-0.3, -0.25) is 4.79 Å². The lowest BCUT2D eigenvalue weighted by Crippen LogP contribution is -2.54. The summed E-state index contributed by atoms with van der Waals surface area (Å²) in [7, 11) is 1.43. The Hall–Kier alpha value is -1.67. The molecule has 3 amide bonds. The van der Waals surface area contributed by atoms with E-state index < -0.39 is 5.82 Å². The number of hydrogen-bond acceptors (Lipinski definition) is 4. The van der Waals surface area contributed by atoms with Crippen LogP contribution in [0.15, 0.2) is 12.1 Å². The molecule has 0 bridgehead atoms. The van der Waals surface area contributed by atoms with Gasteiger partial charge in [-0.25, -0.2) is 9.18 Å². The van der Waals surface area contributed by atoms with Crippen molar-refractivity contribution in [3.05, 3.63) is 29.1 Å². The lowest BCUT2D eigenvalue weighted by atomic mass is 9.99. The van der Waals surface area contributed by atoms with Crippen LogP contribution in [0.1, 0.15) is 11.1 Å². The third-order valence-corrected chi connectivity index (χ3v) is 6.06. The number of fused-ring (bicyclic) bond motifs is 1. The van der Waals surface area contributed by atoms with E-state index in [1.165, 1.54) is 24.9 Å². The van der Waals surface area contributed by atoms with Gasteiger partial charge in [0.1, 0.15) is 0 Å². The van der Waals surface area contributed by atoms with Crippen LogP contribution < -0.4 is 15.4 Å². The van der Waals surface area contributed by atoms with Gasteiger partial charge in [-0.1, -0.05) is 0 Å². The molecule has 1 fully saturated rings. The summed E-state index contributed by atoms with van der Waals surface area (Å²) < 4.78 is 18.9. The molecule has 2 N–H and O–H groups in total. The molecule has 2 unspecified atom stereocenters. The molecule has 1 saturated heterocycles. The number of methoxy groups -OCH3 is 1. The van der Waals surface area contributed by atoms with Crippen molar-refractivity contribution in [1.29, 1.82) is 0 Å². The third-order valence-electron chi connectivity index (χ3n) is 4.28. The lowest BCUT2D eigenvalue weighted by Gasteiger charge is -2.31. The SMILES string of the molecule is COc1cc2c(cc1F)CN(C(=O)CSC1NC(=O)NCC1Cl)CC2. The van der Waals surface area contributed by atoms with Crippen molar-refractivity contribution in [2.75, 3.05) is 26.0 Å². The molecule has 3 rings (SSSR count). The second-order valence-electron chi connectivity index (χ2n) is 5.92. The van der Waals surface area contributed by atoms with Crippen LogP contribution in [0.3, 0.4) is 0 Å². The summed E-state index contributed by atoms with van der Waals surface area (Å²) in [6.07, 6.45) is 0.657. The van der Waals surface area contributed by atoms with Crippen molar-refractivity contribution in [3.63, 3.8) is 0 Å². The second-order valence-corrected chi connectivity index (χ2v) is 7.61. The Morgan fingerprint density at radius 3 is 3.04 bits per heavy atom. The van der Waals surface area contributed by atoms with Gasteiger partial charge in [0.05, 0.1) is 23.6 Å². The van der Waals surface area contributed by atoms with E-state index in [4.69, 9.17) is 16.3 Å². The fourth-order valence-electron chi connectivity index (χ4n) is 2.89. The highest BCUT2D eigenvalue weighted by Gasteiger charge is 2.29. The molecule has 0 radical (unpaired) electrons. The van der Waals surface area contributed by atoms with Crippen molar-refractivity contribution in [2.24, 2.45) is 0 Å². The van der Waals surface area contributed by atoms with Crippen molar-refractivity contribution < 1.29 is 18.7 Å². The van der Waals surface area contributed by atoms with Gasteiger partial charge in [0, 0.05) is 19.6 Å². The largest absolute Gasteiger partial charge is 0.494 e. The van der Waals surface area contributed by atoms with Gasteiger partial charge in [0.2, 0.25) is 5.91 Å². The molecule has 2 heterocycles. The summed E-state index contributed by atoms with van der Waals surface area (Å²) in [6, 6.07) is 2.85. The van der Waals surface area contributed by atoms with Crippen molar-refractivity contribution in [1.82, 2.24) is 15.5 Å². The molecule has 2 aliphatic heterocycles. The average Bonchev–Trinajstić information content (AvgIpc) is 2.61. The van der Waals surface area contributed by atoms with E-state index in [1.807, 2.05) is 0 Å². The molecule has 0 saturated carbocycles. The number of nitrogens with zero attached hydrogens (tertiary/aromatic N) is 1. The highest BCUT2D eigenvalue weighted by atomic mass is 35.5. The molecule has 1 aromatic carbocycles. The Bertz CT molecular complexity index is 691. The van der Waals surface area contributed by atoms with Crippen LogP contribution in [0.4, 0.5) is 9.18 Å². The highest BCUT2D eigenvalue weighted by Crippen LogP contribution is 2.27. The zero-order valence-corrected chi connectivity index (χ0v) is 15.3. The van der Waals surface area contributed by atoms with Gasteiger partial charge in [-0.15, -0.1) is 23.4 Å². The summed E-state index contributed by atoms with van der Waals surface area (Å²) in [5.41, 5.74) is 1.80. The van der Waals surface area contributed by atoms with Crippen LogP contribution in [-0.2, 0) is 17.8 Å². The number of thioether (sulfide) groups is 1. The number of rotatable bonds is 4. The number of hydrogen-bond donors (Lipinski definition) is 2. The number of alkyl halides is 1. The van der Waals surface area contributed by atoms with Crippen LogP contribution in [0.25, 0.3) is 0 Å². The molecule has 6 nitrogen and oxygen atoms in total. The molecule has 1 aromatic rings. The maximum absolute atomic E-state index is 13.9. The summed E-state index contributed by atoms with van der Waals surface area (Å²) in [4.78, 5) is 25.5. The number of amides is 3. The number of carbonyl (C=O) groups excluding carboxylic acids is 2. The monoisotopic (exact) mass is 387 g/mol. The summed E-state index contributed by atoms with van der Waals surface area (Å²) in [6.45, 7) is 1.32. The number of nitrogens with one attached hydrogen (secondary N) is 2. The number of urea groups is 1. The summed E-state index contributed by atoms with van der Waals surface area (Å²) in [5, 5.41) is 4.72. The van der Waals surface area contributed by atoms with E-state index >= 15 is 0 Å². The molecule has 0 aromatic heterocycles. The molecular weight excluding hydrogens is 369 g/mol. The normalized spacial score (nSPS) is 22.7. The van der Waals surface area contributed by atoms with Gasteiger partial charge >= 0.3 is 6.03 Å². The van der Waals surface area contributed by atoms with Gasteiger partial charge in [0.15, 0.2) is 11.6 Å². The Morgan fingerprint density at radius 1 is 1.48 bits per heavy atom. The Labute approximate surface area is 154 Å². The smallest absolute Gasteiger partial charge is 0.315 e. The molecular formula is C16H19ClFN3O3S. The summed E-state index contributed by atoms with van der Waals surface area (Å²) >= 11 is 7.47. The minimum atomic E-state index is -0.424. The summed E-state index contributed by atoms with van der Waals surface area (Å²) in [5.74, 6) is -0.0398. The van der Waals surface area contributed by atoms with Crippen LogP contribution in [0.2, 0.25) is 0 Å². The predicted molar refractivity (Wildman–Crippen MR) is 94.5 cm³/mol. The molecule has 136 valence electrons. The zero-order valence-electron chi connectivity index (χ0n) is 13.7. The van der Waals surface area contributed by atoms with Crippen LogP contribution in [-0.4, -0.2) is 53.5 Å². The van der Waals surface area contributed by atoms with Crippen LogP contribution >= 0.6 is 23.4 Å². The minimum Gasteiger partial charge on any atom is -0.494 e. The van der Waals surface area contributed by atoms with E-state index in [2.05, 4.69) is 10.6 Å². The number of benzene rings is 1. The molecule has 0 aliphatic carbocycles. The van der Waals surface area contributed by atoms with E-state index in [0.29, 0.717) is 26.1 Å². The predicted octanol–water partition coefficient (Wildman–Crippen LogP) is 1.70. The second kappa shape index (κ2) is 7.70. The minimum absolute atomic E-state index is 0.0523. The lowest BCUT2D eigenvalue weighted by molar-refractivity contribution is -0.129. The van der Waals surface area contributed by atoms with E-state index in [1.54, 1.807) is 11.0 Å². The van der Waals surface area contributed by atoms with Gasteiger partial charge < -0.3 is 20.3 Å². The van der Waals surface area contributed by atoms with Crippen molar-refractivity contribution in [3.8, 4) is 5.75 Å². The first-order chi connectivity index (χ1) is 12.0. The quantitative estimate of drug-likeness (QED) is 0.771. The molecule has 2 atom stereocenters. The van der Waals surface area contributed by atoms with Crippen molar-refractivity contribution in [2.45, 2.75) is 23.7 Å². The zero-order chi connectivity index (χ0) is 18.0. The Morgan fingerprint density at radius 2 is 2.28 bits per heavy atom. The van der Waals surface area contributed by atoms with Crippen molar-refractivity contribution >= 4 is 35.3 Å². The van der Waals surface area contributed by atoms with Gasteiger partial charge in [0.25, 0.3) is 0 Å². The van der Waals surface area contributed by atoms with Gasteiger partial charge in [-0.2, -0.15) is 0 Å². The number of carbonyl (C=O) groups is 2. The van der Waals surface area contributed by atoms with E-state index in [0.717, 1.165) is 11.1 Å². The molecule has 2 aliphatic rings. The van der Waals surface area contributed by atoms with E-state index in [-0.39, 0.29) is 34.2 Å². The van der Waals surface area contributed by atoms with Crippen LogP contribution in [0, 0.1) is 5.82 Å². The fraction of sp³-hybridized carbons (Fsp3) is 0.500. The number of ether oxygens (including phenoxy) is 1. The Kier molecular flexibility index (Phi) is 5.58. The fourth-order valence-corrected chi connectivity index (χ4v) is 4.25. The molecule has 0 spiro atoms. The first kappa shape index (κ1) is 18.1. The van der Waals surface area contributed by atoms with Crippen LogP contribution in [0.5, 0.6) is 5.75 Å². The van der Waals surface area contributed by atoms with Gasteiger partial charge in [-0.05, 0) is 29.7 Å². The molecule has 9 heteroatoms. The standard InChI is InChI=1S/C16H19ClFN3O3S/c1-24-13-5-9-2-3-21(7-10(9)4-12(13)18)14(22)8-25-15-11(17)6-19-16(23)20-15/h4-5,11,15H,2-3,6-8H2,1H3,(H2,19,20,23). The first-order valence-electron chi connectivity index (χ1n) is 7.91. The number of halogens is 2. The first-order valence-corrected chi connectivity index (χ1v) is 9.39. The third kappa shape index (κ3) is 4.12. The maximum atomic E-state index is 13.9. The topological polar surface area (TPSA) is 70.7 Å². The Balaban J connectivity index is 1.59. The average molecular weight is 388 g/mol. The van der Waals surface area contributed by atoms with E-state index in [9.17, 15) is 14.0 Å².